The van der Waals surface area contributed by atoms with E-state index < -0.39 is 26.7 Å². The standard InChI is InChI=1S/C17H18F3NO3S/c1-12-8-13(2)10-15(9-12)24-7-6-21-25(22,23)16-5-3-4-14(11-16)17(18,19)20/h3-5,8-11,21H,6-7H2,1-2H3. The largest absolute Gasteiger partial charge is 0.492 e. The third-order valence-electron chi connectivity index (χ3n) is 3.33. The number of hydrogen-bond donors (Lipinski definition) is 1. The van der Waals surface area contributed by atoms with Gasteiger partial charge in [-0.25, -0.2) is 13.1 Å². The average Bonchev–Trinajstić information content (AvgIpc) is 2.50. The fourth-order valence-corrected chi connectivity index (χ4v) is 3.34. The van der Waals surface area contributed by atoms with Crippen LogP contribution in [0.25, 0.3) is 0 Å². The van der Waals surface area contributed by atoms with Crippen LogP contribution in [-0.4, -0.2) is 21.6 Å². The van der Waals surface area contributed by atoms with Gasteiger partial charge < -0.3 is 4.74 Å². The van der Waals surface area contributed by atoms with Gasteiger partial charge in [-0.3, -0.25) is 0 Å². The third-order valence-corrected chi connectivity index (χ3v) is 4.79. The monoisotopic (exact) mass is 373 g/mol. The summed E-state index contributed by atoms with van der Waals surface area (Å²) in [6.45, 7) is 3.82. The molecule has 0 amide bonds. The lowest BCUT2D eigenvalue weighted by Gasteiger charge is -2.11. The summed E-state index contributed by atoms with van der Waals surface area (Å²) in [5.74, 6) is 0.607. The molecule has 0 aliphatic heterocycles. The maximum Gasteiger partial charge on any atom is 0.416 e. The van der Waals surface area contributed by atoms with Crippen molar-refractivity contribution in [1.82, 2.24) is 4.72 Å². The van der Waals surface area contributed by atoms with E-state index in [1.54, 1.807) is 0 Å². The van der Waals surface area contributed by atoms with Gasteiger partial charge in [0.1, 0.15) is 12.4 Å². The molecule has 0 aromatic heterocycles. The molecule has 0 saturated heterocycles. The van der Waals surface area contributed by atoms with Crippen LogP contribution < -0.4 is 9.46 Å². The lowest BCUT2D eigenvalue weighted by molar-refractivity contribution is -0.137. The Balaban J connectivity index is 1.98. The van der Waals surface area contributed by atoms with Gasteiger partial charge in [0.15, 0.2) is 0 Å². The number of aryl methyl sites for hydroxylation is 2. The summed E-state index contributed by atoms with van der Waals surface area (Å²) in [4.78, 5) is -0.436. The van der Waals surface area contributed by atoms with Crippen LogP contribution in [-0.2, 0) is 16.2 Å². The minimum atomic E-state index is -4.60. The number of hydrogen-bond acceptors (Lipinski definition) is 3. The smallest absolute Gasteiger partial charge is 0.416 e. The zero-order valence-electron chi connectivity index (χ0n) is 13.7. The Labute approximate surface area is 144 Å². The van der Waals surface area contributed by atoms with Crippen LogP contribution in [0.3, 0.4) is 0 Å². The molecule has 0 radical (unpaired) electrons. The first-order valence-corrected chi connectivity index (χ1v) is 8.94. The second-order valence-electron chi connectivity index (χ2n) is 5.60. The van der Waals surface area contributed by atoms with Crippen LogP contribution in [0.2, 0.25) is 0 Å². The Hall–Kier alpha value is -2.06. The van der Waals surface area contributed by atoms with Crippen molar-refractivity contribution in [2.45, 2.75) is 24.9 Å². The number of sulfonamides is 1. The molecule has 0 aliphatic rings. The van der Waals surface area contributed by atoms with Gasteiger partial charge in [-0.05, 0) is 55.3 Å². The molecule has 1 N–H and O–H groups in total. The molecule has 8 heteroatoms. The van der Waals surface area contributed by atoms with Gasteiger partial charge in [0.05, 0.1) is 10.5 Å². The number of nitrogens with one attached hydrogen (secondary N) is 1. The molecular formula is C17H18F3NO3S. The Morgan fingerprint density at radius 1 is 1.04 bits per heavy atom. The molecule has 0 atom stereocenters. The van der Waals surface area contributed by atoms with E-state index in [-0.39, 0.29) is 13.2 Å². The highest BCUT2D eigenvalue weighted by molar-refractivity contribution is 7.89. The van der Waals surface area contributed by atoms with E-state index in [1.165, 1.54) is 0 Å². The van der Waals surface area contributed by atoms with Crippen molar-refractivity contribution < 1.29 is 26.3 Å². The molecule has 0 fully saturated rings. The summed E-state index contributed by atoms with van der Waals surface area (Å²) in [6, 6.07) is 9.20. The number of halogens is 3. The van der Waals surface area contributed by atoms with Crippen LogP contribution in [0.5, 0.6) is 5.75 Å². The number of benzene rings is 2. The molecule has 4 nitrogen and oxygen atoms in total. The number of rotatable bonds is 6. The van der Waals surface area contributed by atoms with E-state index in [1.807, 2.05) is 32.0 Å². The van der Waals surface area contributed by atoms with Gasteiger partial charge in [0.25, 0.3) is 0 Å². The molecule has 0 aliphatic carbocycles. The second kappa shape index (κ2) is 7.45. The second-order valence-corrected chi connectivity index (χ2v) is 7.36. The summed E-state index contributed by atoms with van der Waals surface area (Å²) < 4.78 is 69.9. The number of alkyl halides is 3. The minimum absolute atomic E-state index is 0.0566. The minimum Gasteiger partial charge on any atom is -0.492 e. The van der Waals surface area contributed by atoms with Crippen molar-refractivity contribution in [3.63, 3.8) is 0 Å². The predicted octanol–water partition coefficient (Wildman–Crippen LogP) is 3.68. The zero-order chi connectivity index (χ0) is 18.7. The van der Waals surface area contributed by atoms with Gasteiger partial charge in [-0.1, -0.05) is 12.1 Å². The molecular weight excluding hydrogens is 355 g/mol. The summed E-state index contributed by atoms with van der Waals surface area (Å²) in [6.07, 6.45) is -4.60. The van der Waals surface area contributed by atoms with Crippen LogP contribution >= 0.6 is 0 Å². The first-order chi connectivity index (χ1) is 11.6. The Kier molecular flexibility index (Phi) is 5.74. The molecule has 136 valence electrons. The van der Waals surface area contributed by atoms with Crippen LogP contribution in [0.15, 0.2) is 47.4 Å². The third kappa shape index (κ3) is 5.47. The van der Waals surface area contributed by atoms with Crippen LogP contribution in [0.1, 0.15) is 16.7 Å². The van der Waals surface area contributed by atoms with E-state index in [4.69, 9.17) is 4.74 Å². The fraction of sp³-hybridized carbons (Fsp3) is 0.294. The number of ether oxygens (including phenoxy) is 1. The summed E-state index contributed by atoms with van der Waals surface area (Å²) in [7, 11) is -4.04. The average molecular weight is 373 g/mol. The van der Waals surface area contributed by atoms with Crippen molar-refractivity contribution in [2.75, 3.05) is 13.2 Å². The van der Waals surface area contributed by atoms with E-state index >= 15 is 0 Å². The normalized spacial score (nSPS) is 12.2. The molecule has 0 bridgehead atoms. The highest BCUT2D eigenvalue weighted by atomic mass is 32.2. The molecule has 0 spiro atoms. The Morgan fingerprint density at radius 2 is 1.68 bits per heavy atom. The van der Waals surface area contributed by atoms with Crippen molar-refractivity contribution in [1.29, 1.82) is 0 Å². The van der Waals surface area contributed by atoms with Crippen molar-refractivity contribution in [3.05, 3.63) is 59.2 Å². The topological polar surface area (TPSA) is 55.4 Å². The first-order valence-electron chi connectivity index (χ1n) is 7.46. The summed E-state index contributed by atoms with van der Waals surface area (Å²) in [5.41, 5.74) is 1.01. The van der Waals surface area contributed by atoms with Crippen molar-refractivity contribution >= 4 is 10.0 Å². The summed E-state index contributed by atoms with van der Waals surface area (Å²) in [5, 5.41) is 0. The van der Waals surface area contributed by atoms with Gasteiger partial charge >= 0.3 is 6.18 Å². The molecule has 0 heterocycles. The van der Waals surface area contributed by atoms with Crippen LogP contribution in [0, 0.1) is 13.8 Å². The van der Waals surface area contributed by atoms with Gasteiger partial charge in [0.2, 0.25) is 10.0 Å². The SMILES string of the molecule is Cc1cc(C)cc(OCCNS(=O)(=O)c2cccc(C(F)(F)F)c2)c1. The molecule has 2 rings (SSSR count). The van der Waals surface area contributed by atoms with Gasteiger partial charge in [0, 0.05) is 6.54 Å². The maximum atomic E-state index is 12.7. The molecule has 2 aromatic rings. The van der Waals surface area contributed by atoms with E-state index in [2.05, 4.69) is 4.72 Å². The van der Waals surface area contributed by atoms with E-state index in [9.17, 15) is 21.6 Å². The van der Waals surface area contributed by atoms with Gasteiger partial charge in [-0.2, -0.15) is 13.2 Å². The molecule has 0 saturated carbocycles. The molecule has 2 aromatic carbocycles. The lowest BCUT2D eigenvalue weighted by Crippen LogP contribution is -2.28. The van der Waals surface area contributed by atoms with Crippen LogP contribution in [0.4, 0.5) is 13.2 Å². The summed E-state index contributed by atoms with van der Waals surface area (Å²) >= 11 is 0. The fourth-order valence-electron chi connectivity index (χ4n) is 2.28. The quantitative estimate of drug-likeness (QED) is 0.786. The highest BCUT2D eigenvalue weighted by Gasteiger charge is 2.31. The zero-order valence-corrected chi connectivity index (χ0v) is 14.5. The first kappa shape index (κ1) is 19.3. The molecule has 25 heavy (non-hydrogen) atoms. The predicted molar refractivity (Wildman–Crippen MR) is 88.0 cm³/mol. The Morgan fingerprint density at radius 3 is 2.28 bits per heavy atom. The maximum absolute atomic E-state index is 12.7. The van der Waals surface area contributed by atoms with Gasteiger partial charge in [-0.15, -0.1) is 0 Å². The van der Waals surface area contributed by atoms with E-state index in [0.29, 0.717) is 11.8 Å². The Bertz CT molecular complexity index is 828. The van der Waals surface area contributed by atoms with Crippen molar-refractivity contribution in [3.8, 4) is 5.75 Å². The highest BCUT2D eigenvalue weighted by Crippen LogP contribution is 2.30. The lowest BCUT2D eigenvalue weighted by atomic mass is 10.1. The van der Waals surface area contributed by atoms with Crippen molar-refractivity contribution in [2.24, 2.45) is 0 Å². The van der Waals surface area contributed by atoms with E-state index in [0.717, 1.165) is 29.3 Å². The molecule has 0 unspecified atom stereocenters.